The fraction of sp³-hybridized carbons (Fsp3) is 0.350. The van der Waals surface area contributed by atoms with Crippen molar-refractivity contribution in [2.75, 3.05) is 30.8 Å². The van der Waals surface area contributed by atoms with Gasteiger partial charge >= 0.3 is 12.3 Å². The zero-order valence-corrected chi connectivity index (χ0v) is 16.6. The maximum Gasteiger partial charge on any atom is 0.419 e. The Labute approximate surface area is 175 Å². The summed E-state index contributed by atoms with van der Waals surface area (Å²) in [7, 11) is 1.23. The van der Waals surface area contributed by atoms with Gasteiger partial charge in [0, 0.05) is 29.4 Å². The van der Waals surface area contributed by atoms with Gasteiger partial charge < -0.3 is 20.4 Å². The van der Waals surface area contributed by atoms with Crippen molar-refractivity contribution in [1.29, 1.82) is 0 Å². The number of ether oxygens (including phenoxy) is 1. The van der Waals surface area contributed by atoms with Gasteiger partial charge in [0.05, 0.1) is 24.0 Å². The number of aromatic amines is 1. The summed E-state index contributed by atoms with van der Waals surface area (Å²) in [6.07, 6.45) is -1.41. The second-order valence-electron chi connectivity index (χ2n) is 7.17. The normalized spacial score (nSPS) is 15.1. The van der Waals surface area contributed by atoms with Gasteiger partial charge in [-0.1, -0.05) is 12.1 Å². The molecule has 1 fully saturated rings. The van der Waals surface area contributed by atoms with Crippen molar-refractivity contribution in [3.8, 4) is 11.3 Å². The van der Waals surface area contributed by atoms with E-state index in [0.29, 0.717) is 16.6 Å². The third-order valence-electron chi connectivity index (χ3n) is 5.16. The molecule has 3 heterocycles. The van der Waals surface area contributed by atoms with Gasteiger partial charge in [-0.15, -0.1) is 0 Å². The van der Waals surface area contributed by atoms with Crippen molar-refractivity contribution >= 4 is 28.6 Å². The summed E-state index contributed by atoms with van der Waals surface area (Å²) >= 11 is 0. The number of amides is 1. The lowest BCUT2D eigenvalue weighted by Crippen LogP contribution is -2.35. The molecule has 1 saturated heterocycles. The number of hydrogen-bond donors (Lipinski definition) is 4. The number of nitrogens with zero attached hydrogens (tertiary/aromatic N) is 2. The smallest absolute Gasteiger partial charge is 0.419 e. The fourth-order valence-electron chi connectivity index (χ4n) is 3.63. The Bertz CT molecular complexity index is 1090. The zero-order chi connectivity index (χ0) is 22.0. The number of nitrogens with one attached hydrogen (secondary N) is 4. The number of anilines is 2. The van der Waals surface area contributed by atoms with E-state index < -0.39 is 17.8 Å². The van der Waals surface area contributed by atoms with Crippen LogP contribution in [-0.2, 0) is 10.9 Å². The van der Waals surface area contributed by atoms with Crippen LogP contribution in [0.1, 0.15) is 18.4 Å². The molecule has 0 aliphatic carbocycles. The summed E-state index contributed by atoms with van der Waals surface area (Å²) in [5, 5.41) is 9.40. The minimum atomic E-state index is -4.63. The molecule has 4 N–H and O–H groups in total. The maximum atomic E-state index is 13.7. The van der Waals surface area contributed by atoms with Crippen LogP contribution in [0, 0.1) is 0 Å². The minimum absolute atomic E-state index is 0.0877. The summed E-state index contributed by atoms with van der Waals surface area (Å²) in [4.78, 5) is 22.7. The molecule has 11 heteroatoms. The molecule has 1 aliphatic heterocycles. The minimum Gasteiger partial charge on any atom is -0.453 e. The third-order valence-corrected chi connectivity index (χ3v) is 5.16. The topological polar surface area (TPSA) is 104 Å². The van der Waals surface area contributed by atoms with Gasteiger partial charge in [-0.25, -0.2) is 14.8 Å². The molecule has 4 rings (SSSR count). The van der Waals surface area contributed by atoms with Crippen LogP contribution >= 0.6 is 0 Å². The van der Waals surface area contributed by atoms with Crippen molar-refractivity contribution < 1.29 is 22.7 Å². The summed E-state index contributed by atoms with van der Waals surface area (Å²) < 4.78 is 45.8. The van der Waals surface area contributed by atoms with Crippen molar-refractivity contribution in [3.63, 3.8) is 0 Å². The molecule has 164 valence electrons. The number of piperidine rings is 1. The number of carbonyl (C=O) groups is 1. The van der Waals surface area contributed by atoms with Gasteiger partial charge in [0.1, 0.15) is 5.56 Å². The lowest BCUT2D eigenvalue weighted by molar-refractivity contribution is -0.137. The standard InChI is InChI=1S/C20H21F3N6O2/c1-31-19(30)28-15-4-2-3-12-13(9-25-17(12)15)16-14(20(21,22)23)10-26-18(29-16)27-11-5-7-24-8-6-11/h2-4,9-11,24-25H,5-8H2,1H3,(H,28,30)(H,26,27,29). The molecule has 0 saturated carbocycles. The van der Waals surface area contributed by atoms with Gasteiger partial charge in [0.25, 0.3) is 0 Å². The molecule has 0 bridgehead atoms. The number of aromatic nitrogens is 3. The number of methoxy groups -OCH3 is 1. The maximum absolute atomic E-state index is 13.7. The Morgan fingerprint density at radius 1 is 1.26 bits per heavy atom. The van der Waals surface area contributed by atoms with E-state index in [0.717, 1.165) is 32.1 Å². The zero-order valence-electron chi connectivity index (χ0n) is 16.6. The number of benzene rings is 1. The highest BCUT2D eigenvalue weighted by atomic mass is 19.4. The molecule has 31 heavy (non-hydrogen) atoms. The molecular weight excluding hydrogens is 413 g/mol. The summed E-state index contributed by atoms with van der Waals surface area (Å²) in [6.45, 7) is 1.65. The van der Waals surface area contributed by atoms with E-state index >= 15 is 0 Å². The Morgan fingerprint density at radius 2 is 2.03 bits per heavy atom. The molecule has 1 aliphatic rings. The van der Waals surface area contributed by atoms with Crippen LogP contribution in [0.4, 0.5) is 29.6 Å². The average molecular weight is 434 g/mol. The van der Waals surface area contributed by atoms with Crippen LogP contribution in [0.5, 0.6) is 0 Å². The van der Waals surface area contributed by atoms with Crippen LogP contribution < -0.4 is 16.0 Å². The van der Waals surface area contributed by atoms with E-state index in [1.54, 1.807) is 18.2 Å². The molecule has 0 radical (unpaired) electrons. The second-order valence-corrected chi connectivity index (χ2v) is 7.17. The van der Waals surface area contributed by atoms with Gasteiger partial charge in [0.15, 0.2) is 0 Å². The Balaban J connectivity index is 1.78. The van der Waals surface area contributed by atoms with E-state index in [2.05, 4.69) is 35.6 Å². The molecule has 2 aromatic heterocycles. The summed E-state index contributed by atoms with van der Waals surface area (Å²) in [5.74, 6) is 0.146. The van der Waals surface area contributed by atoms with E-state index in [4.69, 9.17) is 0 Å². The predicted molar refractivity (Wildman–Crippen MR) is 110 cm³/mol. The second kappa shape index (κ2) is 8.42. The van der Waals surface area contributed by atoms with Crippen molar-refractivity contribution in [3.05, 3.63) is 36.2 Å². The molecule has 0 atom stereocenters. The number of rotatable bonds is 4. The number of halogens is 3. The molecular formula is C20H21F3N6O2. The highest BCUT2D eigenvalue weighted by Crippen LogP contribution is 2.39. The number of hydrogen-bond acceptors (Lipinski definition) is 6. The lowest BCUT2D eigenvalue weighted by Gasteiger charge is -2.24. The van der Waals surface area contributed by atoms with Crippen molar-refractivity contribution in [2.24, 2.45) is 0 Å². The van der Waals surface area contributed by atoms with Crippen LogP contribution in [0.25, 0.3) is 22.2 Å². The summed E-state index contributed by atoms with van der Waals surface area (Å²) in [6, 6.07) is 5.00. The monoisotopic (exact) mass is 434 g/mol. The van der Waals surface area contributed by atoms with Gasteiger partial charge in [-0.05, 0) is 32.0 Å². The van der Waals surface area contributed by atoms with E-state index in [1.165, 1.54) is 13.3 Å². The molecule has 1 aromatic carbocycles. The van der Waals surface area contributed by atoms with Crippen LogP contribution in [-0.4, -0.2) is 47.3 Å². The fourth-order valence-corrected chi connectivity index (χ4v) is 3.63. The Morgan fingerprint density at radius 3 is 2.74 bits per heavy atom. The third kappa shape index (κ3) is 4.41. The largest absolute Gasteiger partial charge is 0.453 e. The van der Waals surface area contributed by atoms with Crippen molar-refractivity contribution in [1.82, 2.24) is 20.3 Å². The van der Waals surface area contributed by atoms with Crippen LogP contribution in [0.2, 0.25) is 0 Å². The predicted octanol–water partition coefficient (Wildman–Crippen LogP) is 3.99. The molecule has 8 nitrogen and oxygen atoms in total. The number of carbonyl (C=O) groups excluding carboxylic acids is 1. The molecule has 0 spiro atoms. The van der Waals surface area contributed by atoms with Crippen LogP contribution in [0.15, 0.2) is 30.6 Å². The Hall–Kier alpha value is -3.34. The molecule has 1 amide bonds. The first-order chi connectivity index (χ1) is 14.9. The lowest BCUT2D eigenvalue weighted by atomic mass is 10.0. The van der Waals surface area contributed by atoms with E-state index in [1.807, 2.05) is 0 Å². The first-order valence-electron chi connectivity index (χ1n) is 9.73. The van der Waals surface area contributed by atoms with Crippen molar-refractivity contribution in [2.45, 2.75) is 25.1 Å². The quantitative estimate of drug-likeness (QED) is 0.495. The summed E-state index contributed by atoms with van der Waals surface area (Å²) in [5.41, 5.74) is -0.0728. The van der Waals surface area contributed by atoms with Gasteiger partial charge in [-0.2, -0.15) is 13.2 Å². The number of alkyl halides is 3. The molecule has 0 unspecified atom stereocenters. The SMILES string of the molecule is COC(=O)Nc1cccc2c(-c3nc(NC4CCNCC4)ncc3C(F)(F)F)c[nH]c12. The Kier molecular flexibility index (Phi) is 5.68. The highest BCUT2D eigenvalue weighted by molar-refractivity contribution is 6.04. The van der Waals surface area contributed by atoms with Crippen LogP contribution in [0.3, 0.4) is 0 Å². The highest BCUT2D eigenvalue weighted by Gasteiger charge is 2.36. The number of H-pyrrole nitrogens is 1. The van der Waals surface area contributed by atoms with Gasteiger partial charge in [-0.3, -0.25) is 5.32 Å². The number of para-hydroxylation sites is 1. The molecule has 3 aromatic rings. The first kappa shape index (κ1) is 20.9. The van der Waals surface area contributed by atoms with E-state index in [-0.39, 0.29) is 23.2 Å². The number of fused-ring (bicyclic) bond motifs is 1. The van der Waals surface area contributed by atoms with E-state index in [9.17, 15) is 18.0 Å². The van der Waals surface area contributed by atoms with Gasteiger partial charge in [0.2, 0.25) is 5.95 Å². The first-order valence-corrected chi connectivity index (χ1v) is 9.73. The average Bonchev–Trinajstić information content (AvgIpc) is 3.18.